The minimum Gasteiger partial charge on any atom is -0.457 e. The molecule has 0 fully saturated rings. The van der Waals surface area contributed by atoms with Crippen molar-refractivity contribution in [2.24, 2.45) is 0 Å². The summed E-state index contributed by atoms with van der Waals surface area (Å²) >= 11 is 0. The summed E-state index contributed by atoms with van der Waals surface area (Å²) in [6.45, 7) is 8.57. The van der Waals surface area contributed by atoms with E-state index in [1.165, 1.54) is 12.1 Å². The molecule has 0 amide bonds. The average Bonchev–Trinajstić information content (AvgIpc) is 3.94. The molecule has 1 aliphatic heterocycles. The van der Waals surface area contributed by atoms with Crippen LogP contribution in [-0.4, -0.2) is 16.2 Å². The van der Waals surface area contributed by atoms with Crippen LogP contribution >= 0.6 is 0 Å². The second-order valence-electron chi connectivity index (χ2n) is 16.8. The van der Waals surface area contributed by atoms with Gasteiger partial charge in [-0.05, 0) is 120 Å². The molecule has 0 unspecified atom stereocenters. The normalized spacial score (nSPS) is 19.8. The molecule has 9 aromatic rings. The number of nitrogens with zero attached hydrogens (tertiary/aromatic N) is 4. The van der Waals surface area contributed by atoms with E-state index >= 15 is 0 Å². The SMILES string of the molecule is [2H]c1c([2H])c([2H])c2c(c1[2H])c1ccc(Oc3cc(N4CN(c5c(-c6ccccc6)cccc5-c5ccc6c(c5)C([2H])([2H])C([2H])([2H])C([2H])([2H])C6([2H])[2H])c5ccccc54)ccc3C)cc1n2-c1cc(C(C)(C)C)ccn1. The van der Waals surface area contributed by atoms with Crippen molar-refractivity contribution in [3.05, 3.63) is 192 Å². The van der Waals surface area contributed by atoms with Crippen LogP contribution in [-0.2, 0) is 18.2 Å². The van der Waals surface area contributed by atoms with Crippen molar-refractivity contribution < 1.29 is 21.2 Å². The van der Waals surface area contributed by atoms with Gasteiger partial charge in [0.25, 0.3) is 0 Å². The van der Waals surface area contributed by atoms with Gasteiger partial charge in [0.05, 0.1) is 33.6 Å². The van der Waals surface area contributed by atoms with E-state index in [9.17, 15) is 0 Å². The number of fused-ring (bicyclic) bond motifs is 5. The largest absolute Gasteiger partial charge is 0.457 e. The molecule has 5 nitrogen and oxygen atoms in total. The summed E-state index contributed by atoms with van der Waals surface area (Å²) in [4.78, 5) is 9.08. The van der Waals surface area contributed by atoms with Gasteiger partial charge in [-0.1, -0.05) is 124 Å². The van der Waals surface area contributed by atoms with Crippen LogP contribution in [0.5, 0.6) is 11.5 Å². The van der Waals surface area contributed by atoms with E-state index in [-0.39, 0.29) is 40.7 Å². The molecule has 0 spiro atoms. The molecule has 62 heavy (non-hydrogen) atoms. The van der Waals surface area contributed by atoms with Gasteiger partial charge in [0.1, 0.15) is 24.0 Å². The molecule has 1 aliphatic carbocycles. The fourth-order valence-electron chi connectivity index (χ4n) is 8.66. The van der Waals surface area contributed by atoms with Crippen molar-refractivity contribution in [3.63, 3.8) is 0 Å². The van der Waals surface area contributed by atoms with Crippen molar-refractivity contribution in [1.29, 1.82) is 0 Å². The number of aryl methyl sites for hydroxylation is 3. The lowest BCUT2D eigenvalue weighted by Crippen LogP contribution is -2.25. The van der Waals surface area contributed by atoms with Gasteiger partial charge >= 0.3 is 0 Å². The third-order valence-corrected chi connectivity index (χ3v) is 11.8. The smallest absolute Gasteiger partial charge is 0.137 e. The highest BCUT2D eigenvalue weighted by Crippen LogP contribution is 2.51. The van der Waals surface area contributed by atoms with Crippen molar-refractivity contribution in [1.82, 2.24) is 9.55 Å². The summed E-state index contributed by atoms with van der Waals surface area (Å²) in [5.41, 5.74) is 8.33. The Balaban J connectivity index is 1.02. The number of benzene rings is 7. The Kier molecular flexibility index (Phi) is 6.57. The molecule has 2 aromatic heterocycles. The average molecular weight is 819 g/mol. The van der Waals surface area contributed by atoms with Crippen LogP contribution in [0.2, 0.25) is 0 Å². The van der Waals surface area contributed by atoms with Gasteiger partial charge in [-0.15, -0.1) is 0 Å². The lowest BCUT2D eigenvalue weighted by Gasteiger charge is -2.28. The van der Waals surface area contributed by atoms with E-state index in [2.05, 4.69) is 30.6 Å². The molecule has 0 bridgehead atoms. The van der Waals surface area contributed by atoms with E-state index in [0.717, 1.165) is 45.0 Å². The van der Waals surface area contributed by atoms with Crippen LogP contribution in [0, 0.1) is 6.92 Å². The van der Waals surface area contributed by atoms with Crippen molar-refractivity contribution in [3.8, 4) is 39.6 Å². The van der Waals surface area contributed by atoms with E-state index in [1.54, 1.807) is 22.9 Å². The van der Waals surface area contributed by atoms with E-state index in [4.69, 9.17) is 26.2 Å². The van der Waals surface area contributed by atoms with Gasteiger partial charge in [0, 0.05) is 56.9 Å². The summed E-state index contributed by atoms with van der Waals surface area (Å²) in [5.74, 6) is 1.55. The van der Waals surface area contributed by atoms with Gasteiger partial charge in [-0.3, -0.25) is 4.57 Å². The quantitative estimate of drug-likeness (QED) is 0.160. The first kappa shape index (κ1) is 27.0. The van der Waals surface area contributed by atoms with Crippen LogP contribution in [0.3, 0.4) is 0 Å². The van der Waals surface area contributed by atoms with Gasteiger partial charge in [0.2, 0.25) is 0 Å². The fourth-order valence-corrected chi connectivity index (χ4v) is 8.66. The van der Waals surface area contributed by atoms with E-state index in [0.29, 0.717) is 56.9 Å². The van der Waals surface area contributed by atoms with Crippen LogP contribution < -0.4 is 14.5 Å². The van der Waals surface area contributed by atoms with E-state index in [1.807, 2.05) is 122 Å². The van der Waals surface area contributed by atoms with Crippen LogP contribution in [0.25, 0.3) is 49.9 Å². The second kappa shape index (κ2) is 15.1. The molecule has 5 heteroatoms. The highest BCUT2D eigenvalue weighted by atomic mass is 16.5. The number of hydrogen-bond donors (Lipinski definition) is 0. The van der Waals surface area contributed by atoms with Gasteiger partial charge in [-0.25, -0.2) is 4.98 Å². The van der Waals surface area contributed by atoms with Crippen LogP contribution in [0.4, 0.5) is 22.7 Å². The number of anilines is 4. The molecule has 0 radical (unpaired) electrons. The highest BCUT2D eigenvalue weighted by Gasteiger charge is 2.32. The van der Waals surface area contributed by atoms with Crippen molar-refractivity contribution in [2.75, 3.05) is 16.5 Å². The molecule has 0 saturated heterocycles. The second-order valence-corrected chi connectivity index (χ2v) is 16.8. The molecule has 11 rings (SSSR count). The summed E-state index contributed by atoms with van der Waals surface area (Å²) in [7, 11) is 0. The summed E-state index contributed by atoms with van der Waals surface area (Å²) in [6.07, 6.45) is -10.4. The first-order valence-electron chi connectivity index (χ1n) is 26.7. The molecular formula is C57H50N4O. The Bertz CT molecular complexity index is 3770. The number of pyridine rings is 1. The Morgan fingerprint density at radius 1 is 0.645 bits per heavy atom. The summed E-state index contributed by atoms with van der Waals surface area (Å²) < 4.78 is 114. The minimum atomic E-state index is -3.21. The van der Waals surface area contributed by atoms with Crippen LogP contribution in [0.15, 0.2) is 170 Å². The number of para-hydroxylation sites is 4. The third-order valence-electron chi connectivity index (χ3n) is 11.8. The third kappa shape index (κ3) is 6.60. The van der Waals surface area contributed by atoms with Crippen LogP contribution in [0.1, 0.15) is 72.2 Å². The Labute approximate surface area is 381 Å². The molecule has 3 heterocycles. The molecule has 0 N–H and O–H groups in total. The highest BCUT2D eigenvalue weighted by molar-refractivity contribution is 6.09. The zero-order chi connectivity index (χ0) is 52.6. The molecule has 0 saturated carbocycles. The van der Waals surface area contributed by atoms with E-state index < -0.39 is 25.5 Å². The maximum Gasteiger partial charge on any atom is 0.137 e. The lowest BCUT2D eigenvalue weighted by molar-refractivity contribution is 0.479. The zero-order valence-electron chi connectivity index (χ0n) is 46.8. The maximum absolute atomic E-state index is 9.08. The maximum atomic E-state index is 9.08. The molecule has 7 aromatic carbocycles. The zero-order valence-corrected chi connectivity index (χ0v) is 34.8. The van der Waals surface area contributed by atoms with Crippen molar-refractivity contribution in [2.45, 2.75) is 58.6 Å². The summed E-state index contributed by atoms with van der Waals surface area (Å²) in [6, 6.07) is 42.6. The monoisotopic (exact) mass is 818 g/mol. The predicted octanol–water partition coefficient (Wildman–Crippen LogP) is 15.0. The number of ether oxygens (including phenoxy) is 1. The number of aromatic nitrogens is 2. The Morgan fingerprint density at radius 3 is 2.23 bits per heavy atom. The molecule has 0 atom stereocenters. The topological polar surface area (TPSA) is 33.5 Å². The molecular weight excluding hydrogens is 757 g/mol. The summed E-state index contributed by atoms with van der Waals surface area (Å²) in [5, 5.41) is 1.01. The Hall–Kier alpha value is -7.11. The number of rotatable bonds is 7. The first-order valence-corrected chi connectivity index (χ1v) is 20.7. The number of hydrogen-bond acceptors (Lipinski definition) is 4. The van der Waals surface area contributed by atoms with Gasteiger partial charge in [-0.2, -0.15) is 0 Å². The standard InChI is InChI=1S/C57H50N4O/c1-38-25-28-44(35-54(38)62-45-29-30-49-48-19-10-11-22-50(48)61(53(49)36-45)55-34-43(31-32-58-55)57(2,3)4)59-37-60(52-24-13-12-23-51(52)59)56-46(40-16-6-5-7-17-40)20-14-21-47(56)42-27-26-39-15-8-9-18-41(39)33-42/h5-7,10-14,16-17,19-36H,8-9,15,18,37H2,1-4H3/i8D2,9D2,10D,11D,15D2,18D2,19D,22D. The first-order chi connectivity index (χ1) is 35.0. The molecule has 2 aliphatic rings. The van der Waals surface area contributed by atoms with Gasteiger partial charge < -0.3 is 14.5 Å². The van der Waals surface area contributed by atoms with Crippen molar-refractivity contribution >= 4 is 44.6 Å². The predicted molar refractivity (Wildman–Crippen MR) is 258 cm³/mol. The Morgan fingerprint density at radius 2 is 1.40 bits per heavy atom. The molecule has 304 valence electrons. The minimum absolute atomic E-state index is 0.141. The lowest BCUT2D eigenvalue weighted by atomic mass is 9.88. The fraction of sp³-hybridized carbons (Fsp3) is 0.175. The van der Waals surface area contributed by atoms with Gasteiger partial charge in [0.15, 0.2) is 0 Å².